The number of amides is 2. The number of carbonyl (C=O) groups is 1. The van der Waals surface area contributed by atoms with Crippen LogP contribution in [0.15, 0.2) is 48.8 Å². The number of aromatic nitrogens is 2. The van der Waals surface area contributed by atoms with Crippen LogP contribution in [0, 0.1) is 11.6 Å². The second-order valence-electron chi connectivity index (χ2n) is 6.40. The van der Waals surface area contributed by atoms with Gasteiger partial charge in [-0.25, -0.2) is 18.3 Å². The van der Waals surface area contributed by atoms with Gasteiger partial charge in [-0.05, 0) is 29.8 Å². The zero-order valence-corrected chi connectivity index (χ0v) is 15.3. The topological polar surface area (TPSA) is 77.4 Å². The number of rotatable bonds is 5. The number of fused-ring (bicyclic) bond motifs is 1. The van der Waals surface area contributed by atoms with Gasteiger partial charge in [-0.2, -0.15) is 5.10 Å². The monoisotopic (exact) mass is 400 g/mol. The molecule has 0 atom stereocenters. The van der Waals surface area contributed by atoms with E-state index in [0.29, 0.717) is 36.8 Å². The minimum atomic E-state index is -0.718. The molecule has 0 bridgehead atoms. The van der Waals surface area contributed by atoms with Crippen molar-refractivity contribution >= 4 is 6.03 Å². The lowest BCUT2D eigenvalue weighted by atomic mass is 10.2. The fourth-order valence-corrected chi connectivity index (χ4v) is 2.88. The van der Waals surface area contributed by atoms with Crippen LogP contribution in [0.3, 0.4) is 0 Å². The Hall–Kier alpha value is -3.62. The molecule has 4 rings (SSSR count). The highest BCUT2D eigenvalue weighted by Crippen LogP contribution is 2.30. The van der Waals surface area contributed by atoms with Crippen molar-refractivity contribution in [1.82, 2.24) is 20.4 Å². The summed E-state index contributed by atoms with van der Waals surface area (Å²) in [5.41, 5.74) is 1.67. The smallest absolute Gasteiger partial charge is 0.315 e. The molecule has 2 heterocycles. The zero-order chi connectivity index (χ0) is 20.2. The van der Waals surface area contributed by atoms with E-state index in [0.717, 1.165) is 17.7 Å². The van der Waals surface area contributed by atoms with Gasteiger partial charge in [0.25, 0.3) is 0 Å². The van der Waals surface area contributed by atoms with E-state index < -0.39 is 11.6 Å². The third kappa shape index (κ3) is 4.45. The summed E-state index contributed by atoms with van der Waals surface area (Å²) in [5, 5.41) is 9.51. The molecule has 2 amide bonds. The number of nitrogens with one attached hydrogen (secondary N) is 2. The van der Waals surface area contributed by atoms with Crippen molar-refractivity contribution in [2.75, 3.05) is 13.2 Å². The summed E-state index contributed by atoms with van der Waals surface area (Å²) in [4.78, 5) is 12.0. The molecule has 9 heteroatoms. The van der Waals surface area contributed by atoms with Gasteiger partial charge in [-0.15, -0.1) is 0 Å². The highest BCUT2D eigenvalue weighted by molar-refractivity contribution is 5.73. The Bertz CT molecular complexity index is 1040. The van der Waals surface area contributed by atoms with Crippen molar-refractivity contribution in [3.63, 3.8) is 0 Å². The largest absolute Gasteiger partial charge is 0.486 e. The molecule has 0 saturated heterocycles. The van der Waals surface area contributed by atoms with Gasteiger partial charge in [0.05, 0.1) is 6.20 Å². The molecule has 0 spiro atoms. The highest BCUT2D eigenvalue weighted by Gasteiger charge is 2.12. The van der Waals surface area contributed by atoms with Crippen LogP contribution in [0.2, 0.25) is 0 Å². The lowest BCUT2D eigenvalue weighted by molar-refractivity contribution is 0.171. The molecule has 0 aliphatic carbocycles. The zero-order valence-electron chi connectivity index (χ0n) is 15.3. The molecule has 1 aromatic heterocycles. The van der Waals surface area contributed by atoms with Gasteiger partial charge >= 0.3 is 6.03 Å². The van der Waals surface area contributed by atoms with E-state index in [1.54, 1.807) is 6.20 Å². The number of carbonyl (C=O) groups excluding carboxylic acids is 1. The summed E-state index contributed by atoms with van der Waals surface area (Å²) < 4.78 is 39.1. The number of hydrogen-bond acceptors (Lipinski definition) is 4. The molecule has 150 valence electrons. The lowest BCUT2D eigenvalue weighted by Crippen LogP contribution is -2.34. The summed E-state index contributed by atoms with van der Waals surface area (Å²) in [6, 6.07) is 8.39. The first kappa shape index (κ1) is 18.7. The van der Waals surface area contributed by atoms with Crippen LogP contribution in [-0.4, -0.2) is 29.0 Å². The fourth-order valence-electron chi connectivity index (χ4n) is 2.88. The standard InChI is InChI=1S/C20H18F2N4O3/c21-15-2-3-17(16(22)8-15)26-12-14(11-25-26)10-24-20(27)23-9-13-1-4-18-19(7-13)29-6-5-28-18/h1-4,7-8,11-12H,5-6,9-10H2,(H2,23,24,27). The molecular formula is C20H18F2N4O3. The molecule has 1 aliphatic rings. The van der Waals surface area contributed by atoms with Crippen molar-refractivity contribution < 1.29 is 23.0 Å². The Morgan fingerprint density at radius 2 is 1.76 bits per heavy atom. The van der Waals surface area contributed by atoms with Crippen molar-refractivity contribution in [3.8, 4) is 17.2 Å². The Balaban J connectivity index is 1.29. The average molecular weight is 400 g/mol. The minimum absolute atomic E-state index is 0.126. The Morgan fingerprint density at radius 3 is 2.55 bits per heavy atom. The average Bonchev–Trinajstić information content (AvgIpc) is 3.19. The van der Waals surface area contributed by atoms with Gasteiger partial charge in [-0.1, -0.05) is 6.07 Å². The molecule has 7 nitrogen and oxygen atoms in total. The fraction of sp³-hybridized carbons (Fsp3) is 0.200. The number of urea groups is 1. The molecule has 0 radical (unpaired) electrons. The third-order valence-corrected chi connectivity index (χ3v) is 4.31. The van der Waals surface area contributed by atoms with Gasteiger partial charge in [0.2, 0.25) is 0 Å². The number of halogens is 2. The highest BCUT2D eigenvalue weighted by atomic mass is 19.1. The van der Waals surface area contributed by atoms with Crippen LogP contribution in [0.25, 0.3) is 5.69 Å². The third-order valence-electron chi connectivity index (χ3n) is 4.31. The molecule has 29 heavy (non-hydrogen) atoms. The van der Waals surface area contributed by atoms with E-state index in [1.165, 1.54) is 16.9 Å². The van der Waals surface area contributed by atoms with Crippen LogP contribution >= 0.6 is 0 Å². The van der Waals surface area contributed by atoms with Crippen LogP contribution in [0.4, 0.5) is 13.6 Å². The molecule has 0 fully saturated rings. The summed E-state index contributed by atoms with van der Waals surface area (Å²) in [7, 11) is 0. The van der Waals surface area contributed by atoms with E-state index in [2.05, 4.69) is 15.7 Å². The van der Waals surface area contributed by atoms with Crippen LogP contribution in [-0.2, 0) is 13.1 Å². The first-order valence-corrected chi connectivity index (χ1v) is 8.98. The molecule has 0 saturated carbocycles. The van der Waals surface area contributed by atoms with Crippen LogP contribution < -0.4 is 20.1 Å². The number of hydrogen-bond donors (Lipinski definition) is 2. The van der Waals surface area contributed by atoms with Gasteiger partial charge in [0.15, 0.2) is 17.3 Å². The van der Waals surface area contributed by atoms with Crippen LogP contribution in [0.5, 0.6) is 11.5 Å². The maximum Gasteiger partial charge on any atom is 0.315 e. The molecule has 0 unspecified atom stereocenters. The maximum absolute atomic E-state index is 13.8. The lowest BCUT2D eigenvalue weighted by Gasteiger charge is -2.19. The molecule has 1 aliphatic heterocycles. The van der Waals surface area contributed by atoms with E-state index in [-0.39, 0.29) is 18.3 Å². The van der Waals surface area contributed by atoms with E-state index >= 15 is 0 Å². The van der Waals surface area contributed by atoms with Gasteiger partial charge in [0.1, 0.15) is 24.7 Å². The van der Waals surface area contributed by atoms with Crippen molar-refractivity contribution in [2.24, 2.45) is 0 Å². The van der Waals surface area contributed by atoms with Crippen molar-refractivity contribution in [2.45, 2.75) is 13.1 Å². The van der Waals surface area contributed by atoms with E-state index in [9.17, 15) is 13.6 Å². The van der Waals surface area contributed by atoms with Crippen LogP contribution in [0.1, 0.15) is 11.1 Å². The Kier molecular flexibility index (Phi) is 5.28. The quantitative estimate of drug-likeness (QED) is 0.691. The molecule has 3 aromatic rings. The van der Waals surface area contributed by atoms with E-state index in [4.69, 9.17) is 9.47 Å². The summed E-state index contributed by atoms with van der Waals surface area (Å²) in [6.45, 7) is 1.55. The van der Waals surface area contributed by atoms with Gasteiger partial charge in [-0.3, -0.25) is 0 Å². The summed E-state index contributed by atoms with van der Waals surface area (Å²) in [6.07, 6.45) is 3.07. The Morgan fingerprint density at radius 1 is 1.00 bits per heavy atom. The SMILES string of the molecule is O=C(NCc1ccc2c(c1)OCCO2)NCc1cnn(-c2ccc(F)cc2F)c1. The number of nitrogens with zero attached hydrogens (tertiary/aromatic N) is 2. The number of benzene rings is 2. The Labute approximate surface area is 165 Å². The minimum Gasteiger partial charge on any atom is -0.486 e. The summed E-state index contributed by atoms with van der Waals surface area (Å²) in [5.74, 6) is -0.0183. The summed E-state index contributed by atoms with van der Waals surface area (Å²) >= 11 is 0. The molecular weight excluding hydrogens is 382 g/mol. The molecule has 2 N–H and O–H groups in total. The first-order chi connectivity index (χ1) is 14.1. The maximum atomic E-state index is 13.8. The van der Waals surface area contributed by atoms with E-state index in [1.807, 2.05) is 18.2 Å². The first-order valence-electron chi connectivity index (χ1n) is 8.98. The van der Waals surface area contributed by atoms with Crippen molar-refractivity contribution in [3.05, 3.63) is 71.6 Å². The number of ether oxygens (including phenoxy) is 2. The van der Waals surface area contributed by atoms with Gasteiger partial charge < -0.3 is 20.1 Å². The predicted molar refractivity (Wildman–Crippen MR) is 100.0 cm³/mol. The van der Waals surface area contributed by atoms with Crippen molar-refractivity contribution in [1.29, 1.82) is 0 Å². The normalized spacial score (nSPS) is 12.5. The predicted octanol–water partition coefficient (Wildman–Crippen LogP) is 2.92. The molecule has 2 aromatic carbocycles. The second-order valence-corrected chi connectivity index (χ2v) is 6.40. The van der Waals surface area contributed by atoms with Gasteiger partial charge in [0, 0.05) is 30.9 Å². The second kappa shape index (κ2) is 8.17.